The van der Waals surface area contributed by atoms with E-state index in [2.05, 4.69) is 17.5 Å². The molecule has 2 rings (SSSR count). The molecule has 0 saturated carbocycles. The minimum Gasteiger partial charge on any atom is -0.497 e. The minimum atomic E-state index is 0.213. The van der Waals surface area contributed by atoms with Crippen LogP contribution in [-0.2, 0) is 0 Å². The van der Waals surface area contributed by atoms with Crippen LogP contribution in [0, 0.1) is 0 Å². The van der Waals surface area contributed by atoms with Crippen LogP contribution in [0.25, 0.3) is 0 Å². The molecule has 3 nitrogen and oxygen atoms in total. The zero-order chi connectivity index (χ0) is 13.7. The van der Waals surface area contributed by atoms with Gasteiger partial charge >= 0.3 is 0 Å². The maximum Gasteiger partial charge on any atom is 0.124 e. The zero-order valence-electron chi connectivity index (χ0n) is 12.0. The minimum absolute atomic E-state index is 0.213. The molecular weight excluding hydrogens is 238 g/mol. The second kappa shape index (κ2) is 6.62. The fourth-order valence-electron chi connectivity index (χ4n) is 2.73. The molecular formula is C16H23NO2. The van der Waals surface area contributed by atoms with E-state index >= 15 is 0 Å². The number of nitrogens with one attached hydrogen (secondary N) is 1. The Morgan fingerprint density at radius 3 is 2.58 bits per heavy atom. The summed E-state index contributed by atoms with van der Waals surface area (Å²) in [6.07, 6.45) is 7.28. The average molecular weight is 261 g/mol. The third kappa shape index (κ3) is 3.10. The molecule has 1 aliphatic carbocycles. The Morgan fingerprint density at radius 1 is 1.16 bits per heavy atom. The van der Waals surface area contributed by atoms with Gasteiger partial charge in [0.1, 0.15) is 11.5 Å². The van der Waals surface area contributed by atoms with E-state index in [0.29, 0.717) is 0 Å². The van der Waals surface area contributed by atoms with Gasteiger partial charge in [-0.25, -0.2) is 0 Å². The summed E-state index contributed by atoms with van der Waals surface area (Å²) in [6, 6.07) is 6.19. The van der Waals surface area contributed by atoms with Gasteiger partial charge < -0.3 is 14.8 Å². The van der Waals surface area contributed by atoms with Crippen molar-refractivity contribution in [3.05, 3.63) is 35.4 Å². The van der Waals surface area contributed by atoms with Crippen LogP contribution in [0.15, 0.2) is 29.8 Å². The number of hydrogen-bond donors (Lipinski definition) is 1. The quantitative estimate of drug-likeness (QED) is 0.823. The van der Waals surface area contributed by atoms with Gasteiger partial charge in [-0.3, -0.25) is 0 Å². The highest BCUT2D eigenvalue weighted by atomic mass is 16.5. The van der Waals surface area contributed by atoms with E-state index in [4.69, 9.17) is 9.47 Å². The SMILES string of the molecule is CNC(C1=CCCCC1)c1cc(OC)ccc1OC. The Kier molecular flexibility index (Phi) is 4.86. The maximum atomic E-state index is 5.50. The van der Waals surface area contributed by atoms with Crippen LogP contribution in [0.4, 0.5) is 0 Å². The Hall–Kier alpha value is -1.48. The molecule has 0 heterocycles. The average Bonchev–Trinajstić information content (AvgIpc) is 2.49. The van der Waals surface area contributed by atoms with Crippen molar-refractivity contribution in [3.8, 4) is 11.5 Å². The monoisotopic (exact) mass is 261 g/mol. The third-order valence-corrected chi connectivity index (χ3v) is 3.73. The van der Waals surface area contributed by atoms with Gasteiger partial charge in [0.25, 0.3) is 0 Å². The van der Waals surface area contributed by atoms with Crippen LogP contribution < -0.4 is 14.8 Å². The number of benzene rings is 1. The van der Waals surface area contributed by atoms with Crippen LogP contribution in [-0.4, -0.2) is 21.3 Å². The van der Waals surface area contributed by atoms with Gasteiger partial charge in [0, 0.05) is 5.56 Å². The van der Waals surface area contributed by atoms with Crippen molar-refractivity contribution < 1.29 is 9.47 Å². The molecule has 104 valence electrons. The van der Waals surface area contributed by atoms with Crippen molar-refractivity contribution in [3.63, 3.8) is 0 Å². The molecule has 0 fully saturated rings. The van der Waals surface area contributed by atoms with Crippen LogP contribution in [0.1, 0.15) is 37.3 Å². The molecule has 1 aliphatic rings. The van der Waals surface area contributed by atoms with E-state index in [0.717, 1.165) is 23.5 Å². The van der Waals surface area contributed by atoms with Crippen LogP contribution in [0.5, 0.6) is 11.5 Å². The molecule has 1 aromatic carbocycles. The summed E-state index contributed by atoms with van der Waals surface area (Å²) in [6.45, 7) is 0. The lowest BCUT2D eigenvalue weighted by Crippen LogP contribution is -2.20. The summed E-state index contributed by atoms with van der Waals surface area (Å²) in [5.74, 6) is 1.78. The molecule has 1 unspecified atom stereocenters. The lowest BCUT2D eigenvalue weighted by Gasteiger charge is -2.25. The fourth-order valence-corrected chi connectivity index (χ4v) is 2.73. The van der Waals surface area contributed by atoms with Crippen molar-refractivity contribution in [1.82, 2.24) is 5.32 Å². The normalized spacial score (nSPS) is 16.7. The third-order valence-electron chi connectivity index (χ3n) is 3.73. The number of methoxy groups -OCH3 is 2. The summed E-state index contributed by atoms with van der Waals surface area (Å²) in [4.78, 5) is 0. The Bertz CT molecular complexity index is 454. The van der Waals surface area contributed by atoms with E-state index in [1.54, 1.807) is 14.2 Å². The molecule has 1 N–H and O–H groups in total. The Balaban J connectivity index is 2.38. The maximum absolute atomic E-state index is 5.50. The molecule has 3 heteroatoms. The van der Waals surface area contributed by atoms with Crippen LogP contribution in [0.3, 0.4) is 0 Å². The van der Waals surface area contributed by atoms with Crippen molar-refractivity contribution in [2.75, 3.05) is 21.3 Å². The van der Waals surface area contributed by atoms with Crippen molar-refractivity contribution in [2.24, 2.45) is 0 Å². The lowest BCUT2D eigenvalue weighted by atomic mass is 9.89. The second-order valence-corrected chi connectivity index (χ2v) is 4.85. The highest BCUT2D eigenvalue weighted by Crippen LogP contribution is 2.36. The van der Waals surface area contributed by atoms with Crippen molar-refractivity contribution in [2.45, 2.75) is 31.7 Å². The predicted octanol–water partition coefficient (Wildman–Crippen LogP) is 3.46. The first-order valence-corrected chi connectivity index (χ1v) is 6.88. The standard InChI is InChI=1S/C16H23NO2/c1-17-16(12-7-5-4-6-8-12)14-11-13(18-2)9-10-15(14)19-3/h7,9-11,16-17H,4-6,8H2,1-3H3. The molecule has 0 saturated heterocycles. The molecule has 1 atom stereocenters. The highest BCUT2D eigenvalue weighted by Gasteiger charge is 2.20. The Morgan fingerprint density at radius 2 is 2.00 bits per heavy atom. The lowest BCUT2D eigenvalue weighted by molar-refractivity contribution is 0.393. The first-order chi connectivity index (χ1) is 9.30. The summed E-state index contributed by atoms with van der Waals surface area (Å²) < 4.78 is 10.8. The zero-order valence-corrected chi connectivity index (χ0v) is 12.0. The first kappa shape index (κ1) is 13.9. The number of ether oxygens (including phenoxy) is 2. The van der Waals surface area contributed by atoms with Gasteiger partial charge in [0.2, 0.25) is 0 Å². The first-order valence-electron chi connectivity index (χ1n) is 6.88. The topological polar surface area (TPSA) is 30.5 Å². The van der Waals surface area contributed by atoms with Gasteiger partial charge in [-0.15, -0.1) is 0 Å². The van der Waals surface area contributed by atoms with Crippen molar-refractivity contribution >= 4 is 0 Å². The number of hydrogen-bond acceptors (Lipinski definition) is 3. The number of rotatable bonds is 5. The van der Waals surface area contributed by atoms with E-state index in [1.807, 2.05) is 19.2 Å². The summed E-state index contributed by atoms with van der Waals surface area (Å²) in [7, 11) is 5.41. The highest BCUT2D eigenvalue weighted by molar-refractivity contribution is 5.45. The summed E-state index contributed by atoms with van der Waals surface area (Å²) in [5.41, 5.74) is 2.61. The van der Waals surface area contributed by atoms with E-state index in [1.165, 1.54) is 24.8 Å². The molecule has 0 spiro atoms. The van der Waals surface area contributed by atoms with Crippen LogP contribution in [0.2, 0.25) is 0 Å². The van der Waals surface area contributed by atoms with Crippen LogP contribution >= 0.6 is 0 Å². The summed E-state index contributed by atoms with van der Waals surface area (Å²) >= 11 is 0. The molecule has 0 aromatic heterocycles. The molecule has 0 amide bonds. The van der Waals surface area contributed by atoms with E-state index in [9.17, 15) is 0 Å². The smallest absolute Gasteiger partial charge is 0.124 e. The number of likely N-dealkylation sites (N-methyl/N-ethyl adjacent to an activating group) is 1. The number of allylic oxidation sites excluding steroid dienone is 1. The predicted molar refractivity (Wildman–Crippen MR) is 77.9 cm³/mol. The van der Waals surface area contributed by atoms with Crippen molar-refractivity contribution in [1.29, 1.82) is 0 Å². The molecule has 19 heavy (non-hydrogen) atoms. The van der Waals surface area contributed by atoms with Gasteiger partial charge in [-0.05, 0) is 50.9 Å². The van der Waals surface area contributed by atoms with Gasteiger partial charge in [0.15, 0.2) is 0 Å². The molecule has 1 aromatic rings. The van der Waals surface area contributed by atoms with Gasteiger partial charge in [-0.2, -0.15) is 0 Å². The Labute approximate surface area is 115 Å². The molecule has 0 radical (unpaired) electrons. The van der Waals surface area contributed by atoms with Gasteiger partial charge in [-0.1, -0.05) is 11.6 Å². The van der Waals surface area contributed by atoms with E-state index in [-0.39, 0.29) is 6.04 Å². The summed E-state index contributed by atoms with van der Waals surface area (Å²) in [5, 5.41) is 3.41. The molecule has 0 bridgehead atoms. The van der Waals surface area contributed by atoms with E-state index < -0.39 is 0 Å². The fraction of sp³-hybridized carbons (Fsp3) is 0.500. The second-order valence-electron chi connectivity index (χ2n) is 4.85. The largest absolute Gasteiger partial charge is 0.497 e. The van der Waals surface area contributed by atoms with Gasteiger partial charge in [0.05, 0.1) is 20.3 Å². The molecule has 0 aliphatic heterocycles.